The number of halogens is 2. The van der Waals surface area contributed by atoms with Gasteiger partial charge in [0.25, 0.3) is 0 Å². The number of carbonyl (C=O) groups excluding carboxylic acids is 1. The van der Waals surface area contributed by atoms with Crippen LogP contribution in [0.15, 0.2) is 42.5 Å². The molecule has 0 bridgehead atoms. The van der Waals surface area contributed by atoms with Gasteiger partial charge < -0.3 is 5.32 Å². The molecular weight excluding hydrogens is 357 g/mol. The van der Waals surface area contributed by atoms with Crippen LogP contribution in [0, 0.1) is 6.92 Å². The van der Waals surface area contributed by atoms with Crippen molar-refractivity contribution in [1.82, 2.24) is 0 Å². The molecular formula is C16H15Cl2NO3S. The Bertz CT molecular complexity index is 818. The van der Waals surface area contributed by atoms with E-state index < -0.39 is 21.5 Å². The van der Waals surface area contributed by atoms with Crippen LogP contribution >= 0.6 is 23.2 Å². The van der Waals surface area contributed by atoms with Crippen LogP contribution in [-0.2, 0) is 20.4 Å². The Morgan fingerprint density at radius 2 is 1.74 bits per heavy atom. The number of aryl methyl sites for hydroxylation is 1. The van der Waals surface area contributed by atoms with Crippen molar-refractivity contribution in [3.05, 3.63) is 63.6 Å². The van der Waals surface area contributed by atoms with Crippen molar-refractivity contribution in [1.29, 1.82) is 0 Å². The van der Waals surface area contributed by atoms with Gasteiger partial charge in [0.15, 0.2) is 9.84 Å². The second-order valence-electron chi connectivity index (χ2n) is 5.17. The van der Waals surface area contributed by atoms with Crippen LogP contribution in [-0.4, -0.2) is 20.1 Å². The van der Waals surface area contributed by atoms with E-state index in [1.807, 2.05) is 19.1 Å². The Labute approximate surface area is 145 Å². The van der Waals surface area contributed by atoms with Crippen molar-refractivity contribution in [2.75, 3.05) is 11.1 Å². The number of hydrogen-bond donors (Lipinski definition) is 1. The molecule has 2 aromatic carbocycles. The van der Waals surface area contributed by atoms with Crippen LogP contribution in [0.4, 0.5) is 5.69 Å². The van der Waals surface area contributed by atoms with Gasteiger partial charge in [-0.1, -0.05) is 59.1 Å². The van der Waals surface area contributed by atoms with Crippen molar-refractivity contribution in [3.8, 4) is 0 Å². The molecule has 1 N–H and O–H groups in total. The molecule has 0 atom stereocenters. The van der Waals surface area contributed by atoms with Crippen LogP contribution in [0.5, 0.6) is 0 Å². The van der Waals surface area contributed by atoms with E-state index in [0.717, 1.165) is 5.56 Å². The lowest BCUT2D eigenvalue weighted by atomic mass is 10.2. The second kappa shape index (κ2) is 7.34. The van der Waals surface area contributed by atoms with Gasteiger partial charge in [0.1, 0.15) is 5.75 Å². The third-order valence-corrected chi connectivity index (χ3v) is 5.38. The SMILES string of the molecule is Cc1ccc(CS(=O)(=O)CC(=O)Nc2cccc(Cl)c2Cl)cc1. The first-order chi connectivity index (χ1) is 10.8. The van der Waals surface area contributed by atoms with Gasteiger partial charge in [-0.25, -0.2) is 8.42 Å². The lowest BCUT2D eigenvalue weighted by Crippen LogP contribution is -2.24. The smallest absolute Gasteiger partial charge is 0.239 e. The summed E-state index contributed by atoms with van der Waals surface area (Å²) in [6.45, 7) is 1.92. The number of amides is 1. The molecule has 4 nitrogen and oxygen atoms in total. The van der Waals surface area contributed by atoms with Gasteiger partial charge in [-0.05, 0) is 24.6 Å². The van der Waals surface area contributed by atoms with Crippen LogP contribution in [0.2, 0.25) is 10.0 Å². The molecule has 0 unspecified atom stereocenters. The van der Waals surface area contributed by atoms with Gasteiger partial charge in [0, 0.05) is 0 Å². The summed E-state index contributed by atoms with van der Waals surface area (Å²) in [5, 5.41) is 2.93. The number of carbonyl (C=O) groups is 1. The summed E-state index contributed by atoms with van der Waals surface area (Å²) in [5.74, 6) is -1.46. The summed E-state index contributed by atoms with van der Waals surface area (Å²) in [5.41, 5.74) is 1.97. The fourth-order valence-electron chi connectivity index (χ4n) is 1.98. The van der Waals surface area contributed by atoms with Gasteiger partial charge in [0.2, 0.25) is 5.91 Å². The topological polar surface area (TPSA) is 63.2 Å². The van der Waals surface area contributed by atoms with E-state index in [2.05, 4.69) is 5.32 Å². The highest BCUT2D eigenvalue weighted by molar-refractivity contribution is 7.91. The lowest BCUT2D eigenvalue weighted by Gasteiger charge is -2.09. The summed E-state index contributed by atoms with van der Waals surface area (Å²) in [6, 6.07) is 11.9. The highest BCUT2D eigenvalue weighted by Crippen LogP contribution is 2.29. The highest BCUT2D eigenvalue weighted by atomic mass is 35.5. The predicted molar refractivity (Wildman–Crippen MR) is 93.8 cm³/mol. The molecule has 0 saturated carbocycles. The maximum Gasteiger partial charge on any atom is 0.239 e. The van der Waals surface area contributed by atoms with Crippen LogP contribution in [0.25, 0.3) is 0 Å². The Kier molecular flexibility index (Phi) is 5.68. The minimum atomic E-state index is -3.58. The van der Waals surface area contributed by atoms with Crippen molar-refractivity contribution in [3.63, 3.8) is 0 Å². The zero-order valence-corrected chi connectivity index (χ0v) is 14.7. The Morgan fingerprint density at radius 3 is 2.39 bits per heavy atom. The first kappa shape index (κ1) is 17.8. The third kappa shape index (κ3) is 5.23. The fraction of sp³-hybridized carbons (Fsp3) is 0.188. The average Bonchev–Trinajstić information content (AvgIpc) is 2.45. The molecule has 0 aliphatic heterocycles. The first-order valence-electron chi connectivity index (χ1n) is 6.77. The molecule has 0 heterocycles. The Hall–Kier alpha value is -1.56. The summed E-state index contributed by atoms with van der Waals surface area (Å²) >= 11 is 11.8. The molecule has 0 aliphatic carbocycles. The number of rotatable bonds is 5. The van der Waals surface area contributed by atoms with Gasteiger partial charge in [0.05, 0.1) is 21.5 Å². The predicted octanol–water partition coefficient (Wildman–Crippen LogP) is 3.86. The standard InChI is InChI=1S/C16H15Cl2NO3S/c1-11-5-7-12(8-6-11)9-23(21,22)10-15(20)19-14-4-2-3-13(17)16(14)18/h2-8H,9-10H2,1H3,(H,19,20). The van der Waals surface area contributed by atoms with Gasteiger partial charge in [-0.15, -0.1) is 0 Å². The molecule has 0 fully saturated rings. The quantitative estimate of drug-likeness (QED) is 0.867. The molecule has 2 aromatic rings. The van der Waals surface area contributed by atoms with Crippen LogP contribution in [0.3, 0.4) is 0 Å². The monoisotopic (exact) mass is 371 g/mol. The second-order valence-corrected chi connectivity index (χ2v) is 8.02. The summed E-state index contributed by atoms with van der Waals surface area (Å²) in [6.07, 6.45) is 0. The molecule has 1 amide bonds. The van der Waals surface area contributed by atoms with Crippen LogP contribution < -0.4 is 5.32 Å². The fourth-order valence-corrected chi connectivity index (χ4v) is 3.60. The number of sulfone groups is 1. The zero-order chi connectivity index (χ0) is 17.0. The van der Waals surface area contributed by atoms with E-state index in [9.17, 15) is 13.2 Å². The van der Waals surface area contributed by atoms with E-state index in [1.54, 1.807) is 30.3 Å². The van der Waals surface area contributed by atoms with Crippen molar-refractivity contribution >= 4 is 44.6 Å². The molecule has 122 valence electrons. The van der Waals surface area contributed by atoms with E-state index in [-0.39, 0.29) is 21.5 Å². The molecule has 0 saturated heterocycles. The summed E-state index contributed by atoms with van der Waals surface area (Å²) < 4.78 is 24.2. The minimum Gasteiger partial charge on any atom is -0.324 e. The number of nitrogens with one attached hydrogen (secondary N) is 1. The molecule has 0 radical (unpaired) electrons. The first-order valence-corrected chi connectivity index (χ1v) is 9.34. The Morgan fingerprint density at radius 1 is 1.09 bits per heavy atom. The third-order valence-electron chi connectivity index (χ3n) is 3.08. The molecule has 7 heteroatoms. The molecule has 0 aromatic heterocycles. The highest BCUT2D eigenvalue weighted by Gasteiger charge is 2.18. The zero-order valence-electron chi connectivity index (χ0n) is 12.3. The van der Waals surface area contributed by atoms with Gasteiger partial charge >= 0.3 is 0 Å². The molecule has 23 heavy (non-hydrogen) atoms. The molecule has 0 spiro atoms. The van der Waals surface area contributed by atoms with E-state index in [1.165, 1.54) is 0 Å². The van der Waals surface area contributed by atoms with E-state index in [0.29, 0.717) is 5.56 Å². The minimum absolute atomic E-state index is 0.179. The van der Waals surface area contributed by atoms with Crippen LogP contribution in [0.1, 0.15) is 11.1 Å². The average molecular weight is 372 g/mol. The normalized spacial score (nSPS) is 11.3. The van der Waals surface area contributed by atoms with E-state index in [4.69, 9.17) is 23.2 Å². The van der Waals surface area contributed by atoms with Crippen molar-refractivity contribution in [2.24, 2.45) is 0 Å². The maximum absolute atomic E-state index is 12.1. The number of hydrogen-bond acceptors (Lipinski definition) is 3. The number of anilines is 1. The number of benzene rings is 2. The van der Waals surface area contributed by atoms with Crippen molar-refractivity contribution < 1.29 is 13.2 Å². The van der Waals surface area contributed by atoms with E-state index >= 15 is 0 Å². The Balaban J connectivity index is 2.03. The van der Waals surface area contributed by atoms with Gasteiger partial charge in [-0.2, -0.15) is 0 Å². The summed E-state index contributed by atoms with van der Waals surface area (Å²) in [4.78, 5) is 11.9. The van der Waals surface area contributed by atoms with Crippen molar-refractivity contribution in [2.45, 2.75) is 12.7 Å². The lowest BCUT2D eigenvalue weighted by molar-refractivity contribution is -0.113. The van der Waals surface area contributed by atoms with Gasteiger partial charge in [-0.3, -0.25) is 4.79 Å². The summed E-state index contributed by atoms with van der Waals surface area (Å²) in [7, 11) is -3.58. The largest absolute Gasteiger partial charge is 0.324 e. The maximum atomic E-state index is 12.1. The molecule has 0 aliphatic rings. The molecule has 2 rings (SSSR count).